The van der Waals surface area contributed by atoms with Gasteiger partial charge in [-0.3, -0.25) is 4.57 Å². The summed E-state index contributed by atoms with van der Waals surface area (Å²) in [5.41, 5.74) is 0.883. The van der Waals surface area contributed by atoms with Gasteiger partial charge in [-0.2, -0.15) is 0 Å². The standard InChI is InChI=1S/C12H16N4O2/c1-13-7-12-15-14-8-16(12)10-5-4-9(17-2)6-11(10)18-3/h4-6,8,13H,7H2,1-3H3. The van der Waals surface area contributed by atoms with E-state index in [1.165, 1.54) is 0 Å². The average molecular weight is 248 g/mol. The van der Waals surface area contributed by atoms with Crippen LogP contribution >= 0.6 is 0 Å². The summed E-state index contributed by atoms with van der Waals surface area (Å²) in [6, 6.07) is 5.62. The summed E-state index contributed by atoms with van der Waals surface area (Å²) >= 11 is 0. The maximum Gasteiger partial charge on any atom is 0.151 e. The molecule has 2 rings (SSSR count). The molecular formula is C12H16N4O2. The number of methoxy groups -OCH3 is 2. The molecule has 0 spiro atoms. The van der Waals surface area contributed by atoms with E-state index in [0.717, 1.165) is 17.3 Å². The lowest BCUT2D eigenvalue weighted by Gasteiger charge is -2.12. The molecule has 6 heteroatoms. The third-order valence-electron chi connectivity index (χ3n) is 2.60. The topological polar surface area (TPSA) is 61.2 Å². The lowest BCUT2D eigenvalue weighted by atomic mass is 10.2. The molecule has 0 atom stereocenters. The molecule has 0 unspecified atom stereocenters. The normalized spacial score (nSPS) is 10.4. The number of hydrogen-bond donors (Lipinski definition) is 1. The van der Waals surface area contributed by atoms with Crippen molar-refractivity contribution in [2.75, 3.05) is 21.3 Å². The van der Waals surface area contributed by atoms with Gasteiger partial charge in [-0.05, 0) is 19.2 Å². The van der Waals surface area contributed by atoms with E-state index >= 15 is 0 Å². The highest BCUT2D eigenvalue weighted by atomic mass is 16.5. The van der Waals surface area contributed by atoms with Gasteiger partial charge in [0.05, 0.1) is 26.5 Å². The summed E-state index contributed by atoms with van der Waals surface area (Å²) in [4.78, 5) is 0. The molecule has 1 aromatic heterocycles. The molecular weight excluding hydrogens is 232 g/mol. The van der Waals surface area contributed by atoms with E-state index in [2.05, 4.69) is 15.5 Å². The number of rotatable bonds is 5. The summed E-state index contributed by atoms with van der Waals surface area (Å²) in [5, 5.41) is 11.0. The van der Waals surface area contributed by atoms with Crippen LogP contribution in [0.3, 0.4) is 0 Å². The summed E-state index contributed by atoms with van der Waals surface area (Å²) in [6.07, 6.45) is 1.66. The molecule has 0 amide bonds. The SMILES string of the molecule is CNCc1nncn1-c1ccc(OC)cc1OC. The van der Waals surface area contributed by atoms with Crippen LogP contribution in [0.25, 0.3) is 5.69 Å². The molecule has 18 heavy (non-hydrogen) atoms. The molecule has 6 nitrogen and oxygen atoms in total. The summed E-state index contributed by atoms with van der Waals surface area (Å²) < 4.78 is 12.4. The second-order valence-corrected chi connectivity index (χ2v) is 3.69. The van der Waals surface area contributed by atoms with E-state index < -0.39 is 0 Å². The van der Waals surface area contributed by atoms with Crippen LogP contribution in [-0.4, -0.2) is 36.0 Å². The number of aromatic nitrogens is 3. The lowest BCUT2D eigenvalue weighted by molar-refractivity contribution is 0.393. The highest BCUT2D eigenvalue weighted by molar-refractivity contribution is 5.51. The zero-order chi connectivity index (χ0) is 13.0. The van der Waals surface area contributed by atoms with Crippen molar-refractivity contribution < 1.29 is 9.47 Å². The first-order valence-electron chi connectivity index (χ1n) is 5.56. The minimum absolute atomic E-state index is 0.634. The van der Waals surface area contributed by atoms with Crippen LogP contribution in [0.4, 0.5) is 0 Å². The molecule has 0 bridgehead atoms. The fourth-order valence-corrected chi connectivity index (χ4v) is 1.72. The maximum atomic E-state index is 5.37. The molecule has 1 N–H and O–H groups in total. The molecule has 2 aromatic rings. The van der Waals surface area contributed by atoms with E-state index in [-0.39, 0.29) is 0 Å². The van der Waals surface area contributed by atoms with Crippen molar-refractivity contribution in [2.24, 2.45) is 0 Å². The third kappa shape index (κ3) is 2.28. The number of hydrogen-bond acceptors (Lipinski definition) is 5. The monoisotopic (exact) mass is 248 g/mol. The quantitative estimate of drug-likeness (QED) is 0.855. The van der Waals surface area contributed by atoms with Crippen LogP contribution in [0, 0.1) is 0 Å². The van der Waals surface area contributed by atoms with E-state index in [1.807, 2.05) is 29.8 Å². The number of nitrogens with one attached hydrogen (secondary N) is 1. The van der Waals surface area contributed by atoms with Gasteiger partial charge in [0.2, 0.25) is 0 Å². The van der Waals surface area contributed by atoms with Gasteiger partial charge in [0.15, 0.2) is 5.82 Å². The van der Waals surface area contributed by atoms with Crippen LogP contribution in [0.2, 0.25) is 0 Å². The highest BCUT2D eigenvalue weighted by Crippen LogP contribution is 2.28. The van der Waals surface area contributed by atoms with Crippen molar-refractivity contribution in [3.05, 3.63) is 30.4 Å². The molecule has 0 fully saturated rings. The molecule has 0 aliphatic carbocycles. The maximum absolute atomic E-state index is 5.37. The first-order chi connectivity index (χ1) is 8.80. The Morgan fingerprint density at radius 1 is 1.28 bits per heavy atom. The Bertz CT molecular complexity index is 525. The third-order valence-corrected chi connectivity index (χ3v) is 2.60. The molecule has 0 saturated carbocycles. The van der Waals surface area contributed by atoms with Crippen LogP contribution in [-0.2, 0) is 6.54 Å². The van der Waals surface area contributed by atoms with Gasteiger partial charge in [-0.25, -0.2) is 0 Å². The zero-order valence-corrected chi connectivity index (χ0v) is 10.7. The largest absolute Gasteiger partial charge is 0.497 e. The smallest absolute Gasteiger partial charge is 0.151 e. The Balaban J connectivity index is 2.46. The van der Waals surface area contributed by atoms with Gasteiger partial charge in [-0.15, -0.1) is 10.2 Å². The molecule has 0 radical (unpaired) electrons. The van der Waals surface area contributed by atoms with E-state index in [0.29, 0.717) is 12.3 Å². The van der Waals surface area contributed by atoms with Gasteiger partial charge >= 0.3 is 0 Å². The van der Waals surface area contributed by atoms with E-state index in [1.54, 1.807) is 20.5 Å². The second kappa shape index (κ2) is 5.50. The van der Waals surface area contributed by atoms with Crippen LogP contribution in [0.1, 0.15) is 5.82 Å². The summed E-state index contributed by atoms with van der Waals surface area (Å²) in [6.45, 7) is 0.634. The molecule has 0 saturated heterocycles. The van der Waals surface area contributed by atoms with Gasteiger partial charge in [-0.1, -0.05) is 0 Å². The van der Waals surface area contributed by atoms with Crippen LogP contribution < -0.4 is 14.8 Å². The first kappa shape index (κ1) is 12.4. The number of benzene rings is 1. The van der Waals surface area contributed by atoms with Crippen molar-refractivity contribution in [3.63, 3.8) is 0 Å². The summed E-state index contributed by atoms with van der Waals surface area (Å²) in [5.74, 6) is 2.28. The van der Waals surface area contributed by atoms with Crippen molar-refractivity contribution in [3.8, 4) is 17.2 Å². The molecule has 0 aliphatic rings. The van der Waals surface area contributed by atoms with Crippen molar-refractivity contribution in [1.29, 1.82) is 0 Å². The van der Waals surface area contributed by atoms with Gasteiger partial charge < -0.3 is 14.8 Å². The minimum Gasteiger partial charge on any atom is -0.497 e. The van der Waals surface area contributed by atoms with E-state index in [4.69, 9.17) is 9.47 Å². The van der Waals surface area contributed by atoms with Crippen LogP contribution in [0.15, 0.2) is 24.5 Å². The second-order valence-electron chi connectivity index (χ2n) is 3.69. The van der Waals surface area contributed by atoms with Gasteiger partial charge in [0.1, 0.15) is 17.8 Å². The molecule has 1 aromatic carbocycles. The average Bonchev–Trinajstić information content (AvgIpc) is 2.86. The highest BCUT2D eigenvalue weighted by Gasteiger charge is 2.11. The first-order valence-corrected chi connectivity index (χ1v) is 5.56. The fraction of sp³-hybridized carbons (Fsp3) is 0.333. The molecule has 1 heterocycles. The van der Waals surface area contributed by atoms with E-state index in [9.17, 15) is 0 Å². The Kier molecular flexibility index (Phi) is 3.78. The van der Waals surface area contributed by atoms with Crippen LogP contribution in [0.5, 0.6) is 11.5 Å². The zero-order valence-electron chi connectivity index (χ0n) is 10.7. The van der Waals surface area contributed by atoms with Gasteiger partial charge in [0, 0.05) is 6.07 Å². The minimum atomic E-state index is 0.634. The number of ether oxygens (including phenoxy) is 2. The Labute approximate surface area is 106 Å². The van der Waals surface area contributed by atoms with Crippen molar-refractivity contribution >= 4 is 0 Å². The Morgan fingerprint density at radius 3 is 2.78 bits per heavy atom. The number of nitrogens with zero attached hydrogens (tertiary/aromatic N) is 3. The predicted octanol–water partition coefficient (Wildman–Crippen LogP) is 1.00. The lowest BCUT2D eigenvalue weighted by Crippen LogP contribution is -2.11. The fourth-order valence-electron chi connectivity index (χ4n) is 1.72. The molecule has 0 aliphatic heterocycles. The van der Waals surface area contributed by atoms with Crippen molar-refractivity contribution in [2.45, 2.75) is 6.54 Å². The molecule has 96 valence electrons. The Hall–Kier alpha value is -2.08. The van der Waals surface area contributed by atoms with Crippen molar-refractivity contribution in [1.82, 2.24) is 20.1 Å². The summed E-state index contributed by atoms with van der Waals surface area (Å²) in [7, 11) is 5.12. The Morgan fingerprint density at radius 2 is 2.11 bits per heavy atom. The van der Waals surface area contributed by atoms with Gasteiger partial charge in [0.25, 0.3) is 0 Å². The predicted molar refractivity (Wildman–Crippen MR) is 67.2 cm³/mol.